The highest BCUT2D eigenvalue weighted by molar-refractivity contribution is 7.13. The minimum Gasteiger partial charge on any atom is -0.299 e. The average Bonchev–Trinajstić information content (AvgIpc) is 2.97. The van der Waals surface area contributed by atoms with Crippen LogP contribution in [-0.2, 0) is 12.4 Å². The van der Waals surface area contributed by atoms with E-state index in [0.717, 1.165) is 41.3 Å². The molecule has 5 heteroatoms. The molecule has 0 saturated carbocycles. The van der Waals surface area contributed by atoms with E-state index in [1.54, 1.807) is 6.07 Å². The minimum atomic E-state index is -0.162. The van der Waals surface area contributed by atoms with E-state index in [1.807, 2.05) is 17.5 Å². The van der Waals surface area contributed by atoms with Gasteiger partial charge in [0.2, 0.25) is 0 Å². The average molecular weight is 327 g/mol. The van der Waals surface area contributed by atoms with Crippen molar-refractivity contribution in [2.24, 2.45) is 0 Å². The van der Waals surface area contributed by atoms with Crippen molar-refractivity contribution in [2.75, 3.05) is 13.1 Å². The molecule has 1 heterocycles. The zero-order valence-electron chi connectivity index (χ0n) is 12.4. The maximum atomic E-state index is 14.3. The maximum absolute atomic E-state index is 14.3. The van der Waals surface area contributed by atoms with Gasteiger partial charge in [0.05, 0.1) is 11.6 Å². The fourth-order valence-corrected chi connectivity index (χ4v) is 3.26. The first kappa shape index (κ1) is 16.4. The molecule has 0 aliphatic carbocycles. The van der Waals surface area contributed by atoms with Gasteiger partial charge in [-0.05, 0) is 25.6 Å². The second-order valence-corrected chi connectivity index (χ2v) is 6.08. The summed E-state index contributed by atoms with van der Waals surface area (Å²) in [6, 6.07) is 5.38. The minimum absolute atomic E-state index is 0.162. The van der Waals surface area contributed by atoms with Gasteiger partial charge in [-0.1, -0.05) is 26.0 Å². The van der Waals surface area contributed by atoms with Gasteiger partial charge in [0.25, 0.3) is 0 Å². The predicted molar refractivity (Wildman–Crippen MR) is 88.3 cm³/mol. The van der Waals surface area contributed by atoms with Crippen LogP contribution in [0, 0.1) is 5.82 Å². The molecule has 0 amide bonds. The largest absolute Gasteiger partial charge is 0.299 e. The molecule has 0 spiro atoms. The van der Waals surface area contributed by atoms with E-state index < -0.39 is 0 Å². The molecular formula is C16H20ClFN2S. The van der Waals surface area contributed by atoms with Crippen molar-refractivity contribution in [1.29, 1.82) is 0 Å². The van der Waals surface area contributed by atoms with Gasteiger partial charge in [-0.3, -0.25) is 4.90 Å². The zero-order chi connectivity index (χ0) is 15.2. The Kier molecular flexibility index (Phi) is 6.15. The number of hydrogen-bond donors (Lipinski definition) is 0. The molecule has 0 unspecified atom stereocenters. The molecule has 1 aromatic heterocycles. The molecule has 114 valence electrons. The summed E-state index contributed by atoms with van der Waals surface area (Å²) in [5.74, 6) is 0.226. The van der Waals surface area contributed by atoms with Gasteiger partial charge in [0.15, 0.2) is 0 Å². The van der Waals surface area contributed by atoms with Crippen LogP contribution in [0.2, 0.25) is 0 Å². The van der Waals surface area contributed by atoms with Crippen LogP contribution >= 0.6 is 22.9 Å². The third-order valence-electron chi connectivity index (χ3n) is 3.37. The summed E-state index contributed by atoms with van der Waals surface area (Å²) in [6.45, 7) is 6.81. The molecule has 2 nitrogen and oxygen atoms in total. The van der Waals surface area contributed by atoms with Crippen LogP contribution in [0.5, 0.6) is 0 Å². The molecule has 0 saturated heterocycles. The Morgan fingerprint density at radius 1 is 1.33 bits per heavy atom. The van der Waals surface area contributed by atoms with Gasteiger partial charge in [-0.15, -0.1) is 22.9 Å². The van der Waals surface area contributed by atoms with Crippen LogP contribution in [0.1, 0.15) is 31.5 Å². The SMILES string of the molecule is CCCN(CC)Cc1ccc(-c2nc(CCl)cs2)cc1F. The van der Waals surface area contributed by atoms with E-state index in [-0.39, 0.29) is 5.82 Å². The van der Waals surface area contributed by atoms with Gasteiger partial charge in [-0.25, -0.2) is 9.37 Å². The van der Waals surface area contributed by atoms with Crippen molar-refractivity contribution in [3.8, 4) is 10.6 Å². The third kappa shape index (κ3) is 4.25. The van der Waals surface area contributed by atoms with Crippen molar-refractivity contribution in [2.45, 2.75) is 32.7 Å². The lowest BCUT2D eigenvalue weighted by Crippen LogP contribution is -2.24. The third-order valence-corrected chi connectivity index (χ3v) is 4.58. The second-order valence-electron chi connectivity index (χ2n) is 4.95. The lowest BCUT2D eigenvalue weighted by Gasteiger charge is -2.20. The number of alkyl halides is 1. The summed E-state index contributed by atoms with van der Waals surface area (Å²) in [6.07, 6.45) is 1.08. The molecule has 0 fully saturated rings. The van der Waals surface area contributed by atoms with E-state index in [9.17, 15) is 4.39 Å². The molecule has 0 radical (unpaired) electrons. The number of hydrogen-bond acceptors (Lipinski definition) is 3. The van der Waals surface area contributed by atoms with Crippen LogP contribution < -0.4 is 0 Å². The summed E-state index contributed by atoms with van der Waals surface area (Å²) in [4.78, 5) is 6.63. The second kappa shape index (κ2) is 7.87. The normalized spacial score (nSPS) is 11.3. The molecule has 0 N–H and O–H groups in total. The summed E-state index contributed by atoms with van der Waals surface area (Å²) >= 11 is 7.25. The first-order valence-corrected chi connectivity index (χ1v) is 8.60. The van der Waals surface area contributed by atoms with E-state index in [4.69, 9.17) is 11.6 Å². The molecule has 0 aliphatic rings. The standard InChI is InChI=1S/C16H20ClFN2S/c1-3-7-20(4-2)10-13-6-5-12(8-15(13)18)16-19-14(9-17)11-21-16/h5-6,8,11H,3-4,7,9-10H2,1-2H3. The number of nitrogens with zero attached hydrogens (tertiary/aromatic N) is 2. The maximum Gasteiger partial charge on any atom is 0.128 e. The molecule has 21 heavy (non-hydrogen) atoms. The van der Waals surface area contributed by atoms with Crippen LogP contribution in [0.25, 0.3) is 10.6 Å². The molecule has 0 aliphatic heterocycles. The highest BCUT2D eigenvalue weighted by atomic mass is 35.5. The Hall–Kier alpha value is -0.970. The molecular weight excluding hydrogens is 307 g/mol. The quantitative estimate of drug-likeness (QED) is 0.671. The Bertz CT molecular complexity index is 585. The molecule has 0 bridgehead atoms. The van der Waals surface area contributed by atoms with Crippen molar-refractivity contribution >= 4 is 22.9 Å². The Labute approximate surface area is 134 Å². The molecule has 0 atom stereocenters. The molecule has 1 aromatic carbocycles. The Morgan fingerprint density at radius 2 is 2.14 bits per heavy atom. The number of thiazole rings is 1. The van der Waals surface area contributed by atoms with Gasteiger partial charge in [0, 0.05) is 23.1 Å². The number of benzene rings is 1. The first-order valence-electron chi connectivity index (χ1n) is 7.19. The smallest absolute Gasteiger partial charge is 0.128 e. The summed E-state index contributed by atoms with van der Waals surface area (Å²) in [5, 5.41) is 2.73. The van der Waals surface area contributed by atoms with E-state index in [2.05, 4.69) is 23.7 Å². The van der Waals surface area contributed by atoms with Crippen LogP contribution in [0.3, 0.4) is 0 Å². The van der Waals surface area contributed by atoms with Gasteiger partial charge < -0.3 is 0 Å². The summed E-state index contributed by atoms with van der Waals surface area (Å²) < 4.78 is 14.3. The van der Waals surface area contributed by atoms with Crippen molar-refractivity contribution in [3.05, 3.63) is 40.7 Å². The van der Waals surface area contributed by atoms with E-state index >= 15 is 0 Å². The Morgan fingerprint density at radius 3 is 2.71 bits per heavy atom. The van der Waals surface area contributed by atoms with Crippen LogP contribution in [-0.4, -0.2) is 23.0 Å². The monoisotopic (exact) mass is 326 g/mol. The molecule has 2 rings (SSSR count). The first-order chi connectivity index (χ1) is 10.2. The van der Waals surface area contributed by atoms with Crippen molar-refractivity contribution in [3.63, 3.8) is 0 Å². The van der Waals surface area contributed by atoms with Gasteiger partial charge in [-0.2, -0.15) is 0 Å². The fraction of sp³-hybridized carbons (Fsp3) is 0.438. The van der Waals surface area contributed by atoms with Gasteiger partial charge in [0.1, 0.15) is 10.8 Å². The Balaban J connectivity index is 2.16. The molecule has 2 aromatic rings. The number of rotatable bonds is 7. The lowest BCUT2D eigenvalue weighted by molar-refractivity contribution is 0.276. The lowest BCUT2D eigenvalue weighted by atomic mass is 10.1. The zero-order valence-corrected chi connectivity index (χ0v) is 14.0. The van der Waals surface area contributed by atoms with E-state index in [0.29, 0.717) is 12.4 Å². The topological polar surface area (TPSA) is 16.1 Å². The number of halogens is 2. The van der Waals surface area contributed by atoms with Gasteiger partial charge >= 0.3 is 0 Å². The van der Waals surface area contributed by atoms with Crippen molar-refractivity contribution < 1.29 is 4.39 Å². The van der Waals surface area contributed by atoms with Crippen molar-refractivity contribution in [1.82, 2.24) is 9.88 Å². The summed E-state index contributed by atoms with van der Waals surface area (Å²) in [7, 11) is 0. The predicted octanol–water partition coefficient (Wildman–Crippen LogP) is 4.92. The summed E-state index contributed by atoms with van der Waals surface area (Å²) in [5.41, 5.74) is 2.39. The van der Waals surface area contributed by atoms with E-state index in [1.165, 1.54) is 11.3 Å². The van der Waals surface area contributed by atoms with Crippen LogP contribution in [0.15, 0.2) is 23.6 Å². The highest BCUT2D eigenvalue weighted by Gasteiger charge is 2.11. The van der Waals surface area contributed by atoms with Crippen LogP contribution in [0.4, 0.5) is 4.39 Å². The fourth-order valence-electron chi connectivity index (χ4n) is 2.22. The highest BCUT2D eigenvalue weighted by Crippen LogP contribution is 2.26. The number of aromatic nitrogens is 1.